The summed E-state index contributed by atoms with van der Waals surface area (Å²) in [6.07, 6.45) is 1.99. The molecular weight excluding hydrogens is 374 g/mol. The van der Waals surface area contributed by atoms with Crippen molar-refractivity contribution >= 4 is 34.2 Å². The highest BCUT2D eigenvalue weighted by atomic mass is 32.1. The molecule has 3 heterocycles. The average Bonchev–Trinajstić information content (AvgIpc) is 3.24. The number of nitrogens with one attached hydrogen (secondary N) is 2. The van der Waals surface area contributed by atoms with Gasteiger partial charge in [-0.05, 0) is 44.9 Å². The first kappa shape index (κ1) is 20.0. The Bertz CT molecular complexity index is 1020. The first-order valence-corrected chi connectivity index (χ1v) is 10.1. The molecule has 0 spiro atoms. The fourth-order valence-electron chi connectivity index (χ4n) is 2.90. The van der Waals surface area contributed by atoms with Crippen LogP contribution in [0.1, 0.15) is 55.4 Å². The lowest BCUT2D eigenvalue weighted by molar-refractivity contribution is -0.122. The van der Waals surface area contributed by atoms with Crippen LogP contribution in [0.4, 0.5) is 0 Å². The van der Waals surface area contributed by atoms with Crippen LogP contribution >= 0.6 is 11.3 Å². The molecule has 0 bridgehead atoms. The Hall–Kier alpha value is -2.74. The zero-order valence-electron chi connectivity index (χ0n) is 16.7. The van der Waals surface area contributed by atoms with E-state index in [0.717, 1.165) is 4.88 Å². The number of amides is 2. The molecule has 7 nitrogen and oxygen atoms in total. The summed E-state index contributed by atoms with van der Waals surface area (Å²) < 4.78 is 1.80. The molecule has 0 saturated heterocycles. The highest BCUT2D eigenvalue weighted by Gasteiger charge is 2.19. The van der Waals surface area contributed by atoms with E-state index >= 15 is 0 Å². The van der Waals surface area contributed by atoms with Gasteiger partial charge < -0.3 is 0 Å². The van der Waals surface area contributed by atoms with Gasteiger partial charge in [0.1, 0.15) is 0 Å². The Morgan fingerprint density at radius 1 is 1.18 bits per heavy atom. The van der Waals surface area contributed by atoms with Crippen LogP contribution in [0.25, 0.3) is 21.6 Å². The first-order chi connectivity index (χ1) is 13.3. The van der Waals surface area contributed by atoms with Gasteiger partial charge >= 0.3 is 0 Å². The Morgan fingerprint density at radius 3 is 2.54 bits per heavy atom. The van der Waals surface area contributed by atoms with Gasteiger partial charge in [0.05, 0.1) is 27.7 Å². The van der Waals surface area contributed by atoms with Crippen molar-refractivity contribution in [1.82, 2.24) is 25.6 Å². The Kier molecular flexibility index (Phi) is 5.79. The minimum Gasteiger partial charge on any atom is -0.273 e. The van der Waals surface area contributed by atoms with Gasteiger partial charge in [-0.25, -0.2) is 9.67 Å². The first-order valence-electron chi connectivity index (χ1n) is 9.30. The van der Waals surface area contributed by atoms with Gasteiger partial charge in [0.15, 0.2) is 5.65 Å². The van der Waals surface area contributed by atoms with Crippen LogP contribution in [-0.4, -0.2) is 26.6 Å². The lowest BCUT2D eigenvalue weighted by Crippen LogP contribution is -2.42. The molecule has 3 rings (SSSR count). The Balaban J connectivity index is 2.00. The third-order valence-corrected chi connectivity index (χ3v) is 5.23. The predicted molar refractivity (Wildman–Crippen MR) is 111 cm³/mol. The van der Waals surface area contributed by atoms with E-state index in [1.807, 2.05) is 46.8 Å². The maximum atomic E-state index is 12.8. The van der Waals surface area contributed by atoms with Crippen molar-refractivity contribution in [2.45, 2.75) is 47.1 Å². The molecule has 28 heavy (non-hydrogen) atoms. The van der Waals surface area contributed by atoms with Crippen LogP contribution in [0.5, 0.6) is 0 Å². The highest BCUT2D eigenvalue weighted by molar-refractivity contribution is 7.15. The van der Waals surface area contributed by atoms with E-state index in [1.54, 1.807) is 28.3 Å². The number of thiophene rings is 1. The number of hydrogen-bond donors (Lipinski definition) is 2. The summed E-state index contributed by atoms with van der Waals surface area (Å²) in [5, 5.41) is 5.06. The topological polar surface area (TPSA) is 88.9 Å². The summed E-state index contributed by atoms with van der Waals surface area (Å²) in [5.41, 5.74) is 6.80. The van der Waals surface area contributed by atoms with Crippen LogP contribution in [-0.2, 0) is 4.79 Å². The zero-order chi connectivity index (χ0) is 20.4. The molecule has 0 aliphatic rings. The quantitative estimate of drug-likeness (QED) is 0.638. The number of hydrogen-bond acceptors (Lipinski definition) is 5. The van der Waals surface area contributed by atoms with E-state index in [4.69, 9.17) is 4.98 Å². The Morgan fingerprint density at radius 2 is 1.93 bits per heavy atom. The molecule has 3 aromatic rings. The van der Waals surface area contributed by atoms with Crippen molar-refractivity contribution in [3.05, 3.63) is 34.8 Å². The van der Waals surface area contributed by atoms with Gasteiger partial charge in [0.25, 0.3) is 5.91 Å². The second-order valence-corrected chi connectivity index (χ2v) is 8.77. The van der Waals surface area contributed by atoms with Crippen LogP contribution < -0.4 is 10.9 Å². The van der Waals surface area contributed by atoms with Gasteiger partial charge in [0, 0.05) is 17.3 Å². The van der Waals surface area contributed by atoms with E-state index in [9.17, 15) is 9.59 Å². The maximum Gasteiger partial charge on any atom is 0.270 e. The number of fused-ring (bicyclic) bond motifs is 1. The van der Waals surface area contributed by atoms with Crippen molar-refractivity contribution in [1.29, 1.82) is 0 Å². The summed E-state index contributed by atoms with van der Waals surface area (Å²) in [6.45, 7) is 9.96. The molecule has 0 atom stereocenters. The van der Waals surface area contributed by atoms with Crippen molar-refractivity contribution in [3.63, 3.8) is 0 Å². The largest absolute Gasteiger partial charge is 0.273 e. The third-order valence-electron chi connectivity index (χ3n) is 4.20. The molecule has 0 aliphatic heterocycles. The molecule has 8 heteroatoms. The van der Waals surface area contributed by atoms with Crippen molar-refractivity contribution < 1.29 is 9.59 Å². The van der Waals surface area contributed by atoms with Crippen LogP contribution in [0, 0.1) is 12.8 Å². The number of aryl methyl sites for hydroxylation is 1. The fourth-order valence-corrected chi connectivity index (χ4v) is 3.73. The molecular formula is C20H25N5O2S. The summed E-state index contributed by atoms with van der Waals surface area (Å²) in [6, 6.07) is 5.88. The van der Waals surface area contributed by atoms with Crippen molar-refractivity contribution in [2.24, 2.45) is 5.92 Å². The average molecular weight is 400 g/mol. The molecule has 2 N–H and O–H groups in total. The second-order valence-electron chi connectivity index (χ2n) is 7.49. The monoisotopic (exact) mass is 399 g/mol. The second kappa shape index (κ2) is 8.10. The zero-order valence-corrected chi connectivity index (χ0v) is 17.6. The number of carbonyl (C=O) groups excluding carboxylic acids is 2. The minimum absolute atomic E-state index is 0.104. The highest BCUT2D eigenvalue weighted by Crippen LogP contribution is 2.30. The Labute approximate surface area is 168 Å². The van der Waals surface area contributed by atoms with E-state index < -0.39 is 0 Å². The van der Waals surface area contributed by atoms with E-state index in [2.05, 4.69) is 16.0 Å². The standard InChI is InChI=1S/C20H25N5O2S/c1-11(2)8-18(26)23-24-20(27)14-9-16(17-7-6-13(5)28-17)22-19-15(14)10-21-25(19)12(3)4/h6-7,9-12H,8H2,1-5H3,(H,23,26)(H,24,27). The molecule has 0 aliphatic carbocycles. The number of nitrogens with zero attached hydrogens (tertiary/aromatic N) is 3. The van der Waals surface area contributed by atoms with E-state index in [1.165, 1.54) is 4.88 Å². The van der Waals surface area contributed by atoms with Crippen LogP contribution in [0.2, 0.25) is 0 Å². The summed E-state index contributed by atoms with van der Waals surface area (Å²) >= 11 is 1.62. The van der Waals surface area contributed by atoms with Crippen molar-refractivity contribution in [3.8, 4) is 10.6 Å². The smallest absolute Gasteiger partial charge is 0.270 e. The van der Waals surface area contributed by atoms with Gasteiger partial charge in [-0.3, -0.25) is 20.4 Å². The third kappa shape index (κ3) is 4.22. The summed E-state index contributed by atoms with van der Waals surface area (Å²) in [5.74, 6) is -0.398. The SMILES string of the molecule is Cc1ccc(-c2cc(C(=O)NNC(=O)CC(C)C)c3cnn(C(C)C)c3n2)s1. The number of rotatable bonds is 5. The predicted octanol–water partition coefficient (Wildman–Crippen LogP) is 3.86. The van der Waals surface area contributed by atoms with Gasteiger partial charge in [-0.2, -0.15) is 5.10 Å². The lowest BCUT2D eigenvalue weighted by Gasteiger charge is -2.11. The maximum absolute atomic E-state index is 12.8. The van der Waals surface area contributed by atoms with Crippen LogP contribution in [0.15, 0.2) is 24.4 Å². The van der Waals surface area contributed by atoms with Gasteiger partial charge in [-0.1, -0.05) is 13.8 Å². The molecule has 0 unspecified atom stereocenters. The molecule has 148 valence electrons. The summed E-state index contributed by atoms with van der Waals surface area (Å²) in [7, 11) is 0. The summed E-state index contributed by atoms with van der Waals surface area (Å²) in [4.78, 5) is 31.6. The number of hydrazine groups is 1. The number of aromatic nitrogens is 3. The number of pyridine rings is 1. The van der Waals surface area contributed by atoms with E-state index in [0.29, 0.717) is 28.7 Å². The van der Waals surface area contributed by atoms with Crippen LogP contribution in [0.3, 0.4) is 0 Å². The van der Waals surface area contributed by atoms with Gasteiger partial charge in [0.2, 0.25) is 5.91 Å². The molecule has 2 amide bonds. The molecule has 3 aromatic heterocycles. The lowest BCUT2D eigenvalue weighted by atomic mass is 10.1. The minimum atomic E-state index is -0.387. The van der Waals surface area contributed by atoms with E-state index in [-0.39, 0.29) is 23.8 Å². The fraction of sp³-hybridized carbons (Fsp3) is 0.400. The van der Waals surface area contributed by atoms with Gasteiger partial charge in [-0.15, -0.1) is 11.3 Å². The molecule has 0 aromatic carbocycles. The number of carbonyl (C=O) groups is 2. The normalized spacial score (nSPS) is 11.4. The molecule has 0 radical (unpaired) electrons. The molecule has 0 saturated carbocycles. The molecule has 0 fully saturated rings. The van der Waals surface area contributed by atoms with Crippen molar-refractivity contribution in [2.75, 3.05) is 0 Å².